The van der Waals surface area contributed by atoms with Crippen LogP contribution in [0.2, 0.25) is 0 Å². The smallest absolute Gasteiger partial charge is 0.243 e. The fourth-order valence-electron chi connectivity index (χ4n) is 2.77. The molecular weight excluding hydrogens is 316 g/mol. The summed E-state index contributed by atoms with van der Waals surface area (Å²) in [6.07, 6.45) is 0.763. The monoisotopic (exact) mass is 340 g/mol. The number of carbonyl (C=O) groups excluding carboxylic acids is 1. The molecule has 0 saturated carbocycles. The lowest BCUT2D eigenvalue weighted by molar-refractivity contribution is -0.119. The van der Waals surface area contributed by atoms with Gasteiger partial charge in [0.15, 0.2) is 0 Å². The molecule has 0 atom stereocenters. The molecule has 6 nitrogen and oxygen atoms in total. The molecule has 1 aliphatic heterocycles. The molecule has 1 aliphatic rings. The summed E-state index contributed by atoms with van der Waals surface area (Å²) in [5, 5.41) is 0. The quantitative estimate of drug-likeness (QED) is 0.764. The summed E-state index contributed by atoms with van der Waals surface area (Å²) in [5.41, 5.74) is 1.55. The number of carbonyl (C=O) groups is 1. The van der Waals surface area contributed by atoms with Crippen LogP contribution >= 0.6 is 0 Å². The summed E-state index contributed by atoms with van der Waals surface area (Å²) in [7, 11) is -1.98. The van der Waals surface area contributed by atoms with E-state index in [1.807, 2.05) is 13.8 Å². The first-order chi connectivity index (χ1) is 10.8. The van der Waals surface area contributed by atoms with Crippen molar-refractivity contribution in [3.05, 3.63) is 23.3 Å². The summed E-state index contributed by atoms with van der Waals surface area (Å²) in [5.74, 6) is 0.869. The molecule has 0 aliphatic carbocycles. The van der Waals surface area contributed by atoms with Crippen molar-refractivity contribution in [2.75, 3.05) is 33.3 Å². The molecule has 1 saturated heterocycles. The van der Waals surface area contributed by atoms with Crippen LogP contribution in [0, 0.1) is 6.92 Å². The number of nitrogens with zero attached hydrogens (tertiary/aromatic N) is 2. The number of methoxy groups -OCH3 is 1. The van der Waals surface area contributed by atoms with Gasteiger partial charge in [0.1, 0.15) is 5.75 Å². The van der Waals surface area contributed by atoms with E-state index >= 15 is 0 Å². The minimum atomic E-state index is -3.57. The van der Waals surface area contributed by atoms with Gasteiger partial charge in [0.05, 0.1) is 12.0 Å². The molecule has 0 aromatic heterocycles. The molecule has 2 rings (SSSR count). The SMILES string of the molecule is COc1cc(C)c(S(=O)(=O)N2CCN(C=O)CC2)cc1C(C)C. The van der Waals surface area contributed by atoms with Crippen LogP contribution in [0.1, 0.15) is 30.9 Å². The lowest BCUT2D eigenvalue weighted by Crippen LogP contribution is -2.48. The Bertz CT molecular complexity index is 678. The second-order valence-corrected chi connectivity index (χ2v) is 7.97. The molecule has 0 spiro atoms. The van der Waals surface area contributed by atoms with Gasteiger partial charge in [-0.1, -0.05) is 13.8 Å². The van der Waals surface area contributed by atoms with Gasteiger partial charge in [0, 0.05) is 26.2 Å². The molecule has 1 aromatic rings. The fraction of sp³-hybridized carbons (Fsp3) is 0.562. The summed E-state index contributed by atoms with van der Waals surface area (Å²) in [6, 6.07) is 3.50. The summed E-state index contributed by atoms with van der Waals surface area (Å²) in [6.45, 7) is 7.29. The van der Waals surface area contributed by atoms with Gasteiger partial charge in [0.25, 0.3) is 0 Å². The largest absolute Gasteiger partial charge is 0.496 e. The third kappa shape index (κ3) is 3.50. The van der Waals surface area contributed by atoms with Crippen LogP contribution in [0.3, 0.4) is 0 Å². The molecule has 1 heterocycles. The molecule has 1 aromatic carbocycles. The number of sulfonamides is 1. The molecule has 0 radical (unpaired) electrons. The van der Waals surface area contributed by atoms with Crippen LogP contribution in [0.15, 0.2) is 17.0 Å². The Morgan fingerprint density at radius 2 is 1.78 bits per heavy atom. The van der Waals surface area contributed by atoms with Crippen LogP contribution in [-0.2, 0) is 14.8 Å². The highest BCUT2D eigenvalue weighted by Gasteiger charge is 2.30. The number of amides is 1. The number of hydrogen-bond donors (Lipinski definition) is 0. The molecule has 1 fully saturated rings. The lowest BCUT2D eigenvalue weighted by atomic mass is 10.0. The number of piperazine rings is 1. The number of hydrogen-bond acceptors (Lipinski definition) is 4. The third-order valence-electron chi connectivity index (χ3n) is 4.19. The zero-order valence-corrected chi connectivity index (χ0v) is 14.9. The van der Waals surface area contributed by atoms with E-state index in [2.05, 4.69) is 0 Å². The Kier molecular flexibility index (Phi) is 5.31. The van der Waals surface area contributed by atoms with Crippen molar-refractivity contribution in [3.63, 3.8) is 0 Å². The minimum absolute atomic E-state index is 0.159. The van der Waals surface area contributed by atoms with Gasteiger partial charge in [-0.2, -0.15) is 4.31 Å². The summed E-state index contributed by atoms with van der Waals surface area (Å²) in [4.78, 5) is 12.7. The predicted molar refractivity (Wildman–Crippen MR) is 88.2 cm³/mol. The van der Waals surface area contributed by atoms with Crippen LogP contribution in [0.4, 0.5) is 0 Å². The van der Waals surface area contributed by atoms with Gasteiger partial charge in [-0.3, -0.25) is 4.79 Å². The molecular formula is C16H24N2O4S. The molecule has 0 unspecified atom stereocenters. The highest BCUT2D eigenvalue weighted by molar-refractivity contribution is 7.89. The van der Waals surface area contributed by atoms with Gasteiger partial charge in [-0.15, -0.1) is 0 Å². The molecule has 0 N–H and O–H groups in total. The zero-order valence-electron chi connectivity index (χ0n) is 14.1. The first kappa shape index (κ1) is 17.7. The van der Waals surface area contributed by atoms with E-state index < -0.39 is 10.0 Å². The summed E-state index contributed by atoms with van der Waals surface area (Å²) >= 11 is 0. The highest BCUT2D eigenvalue weighted by Crippen LogP contribution is 2.32. The van der Waals surface area contributed by atoms with Crippen molar-refractivity contribution in [2.24, 2.45) is 0 Å². The van der Waals surface area contributed by atoms with Crippen molar-refractivity contribution in [3.8, 4) is 5.75 Å². The lowest BCUT2D eigenvalue weighted by Gasteiger charge is -2.32. The second kappa shape index (κ2) is 6.88. The van der Waals surface area contributed by atoms with E-state index in [9.17, 15) is 13.2 Å². The first-order valence-corrected chi connectivity index (χ1v) is 9.13. The zero-order chi connectivity index (χ0) is 17.2. The average Bonchev–Trinajstić information content (AvgIpc) is 2.53. The van der Waals surface area contributed by atoms with Crippen molar-refractivity contribution < 1.29 is 17.9 Å². The second-order valence-electron chi connectivity index (χ2n) is 6.06. The normalized spacial score (nSPS) is 16.7. The van der Waals surface area contributed by atoms with E-state index in [0.29, 0.717) is 42.4 Å². The predicted octanol–water partition coefficient (Wildman–Crippen LogP) is 1.59. The van der Waals surface area contributed by atoms with Crippen LogP contribution in [0.25, 0.3) is 0 Å². The maximum Gasteiger partial charge on any atom is 0.243 e. The summed E-state index contributed by atoms with van der Waals surface area (Å²) < 4.78 is 32.7. The number of aryl methyl sites for hydroxylation is 1. The molecule has 128 valence electrons. The van der Waals surface area contributed by atoms with E-state index in [1.54, 1.807) is 31.1 Å². The Balaban J connectivity index is 2.40. The average molecular weight is 340 g/mol. The highest BCUT2D eigenvalue weighted by atomic mass is 32.2. The van der Waals surface area contributed by atoms with Gasteiger partial charge in [0.2, 0.25) is 16.4 Å². The Morgan fingerprint density at radius 1 is 1.17 bits per heavy atom. The van der Waals surface area contributed by atoms with Gasteiger partial charge < -0.3 is 9.64 Å². The van der Waals surface area contributed by atoms with Gasteiger partial charge >= 0.3 is 0 Å². The molecule has 7 heteroatoms. The van der Waals surface area contributed by atoms with Crippen molar-refractivity contribution in [1.82, 2.24) is 9.21 Å². The maximum atomic E-state index is 13.0. The van der Waals surface area contributed by atoms with Crippen molar-refractivity contribution in [2.45, 2.75) is 31.6 Å². The van der Waals surface area contributed by atoms with Crippen LogP contribution < -0.4 is 4.74 Å². The van der Waals surface area contributed by atoms with Gasteiger partial charge in [-0.05, 0) is 36.1 Å². The number of ether oxygens (including phenoxy) is 1. The van der Waals surface area contributed by atoms with Crippen LogP contribution in [0.5, 0.6) is 5.75 Å². The van der Waals surface area contributed by atoms with E-state index in [1.165, 1.54) is 4.31 Å². The Morgan fingerprint density at radius 3 is 2.26 bits per heavy atom. The maximum absolute atomic E-state index is 13.0. The topological polar surface area (TPSA) is 66.9 Å². The van der Waals surface area contributed by atoms with E-state index in [0.717, 1.165) is 12.0 Å². The van der Waals surface area contributed by atoms with Gasteiger partial charge in [-0.25, -0.2) is 8.42 Å². The minimum Gasteiger partial charge on any atom is -0.496 e. The Hall–Kier alpha value is -1.60. The molecule has 23 heavy (non-hydrogen) atoms. The number of benzene rings is 1. The van der Waals surface area contributed by atoms with Crippen molar-refractivity contribution >= 4 is 16.4 Å². The first-order valence-electron chi connectivity index (χ1n) is 7.69. The third-order valence-corrected chi connectivity index (χ3v) is 6.23. The molecule has 1 amide bonds. The Labute approximate surface area is 138 Å². The molecule has 0 bridgehead atoms. The van der Waals surface area contributed by atoms with E-state index in [4.69, 9.17) is 4.74 Å². The standard InChI is InChI=1S/C16H24N2O4S/c1-12(2)14-10-16(13(3)9-15(14)22-4)23(20,21)18-7-5-17(11-19)6-8-18/h9-12H,5-8H2,1-4H3. The fourth-order valence-corrected chi connectivity index (χ4v) is 4.44. The number of rotatable bonds is 5. The van der Waals surface area contributed by atoms with E-state index in [-0.39, 0.29) is 5.92 Å². The van der Waals surface area contributed by atoms with Crippen LogP contribution in [-0.4, -0.2) is 57.3 Å². The van der Waals surface area contributed by atoms with Crippen molar-refractivity contribution in [1.29, 1.82) is 0 Å².